The Morgan fingerprint density at radius 2 is 1.43 bits per heavy atom. The fraction of sp³-hybridized carbons (Fsp3) is 0.235. The highest BCUT2D eigenvalue weighted by atomic mass is 35.5. The monoisotopic (exact) mass is 635 g/mol. The van der Waals surface area contributed by atoms with Crippen molar-refractivity contribution in [3.8, 4) is 0 Å². The fourth-order valence-corrected chi connectivity index (χ4v) is 6.38. The van der Waals surface area contributed by atoms with Crippen LogP contribution in [0, 0.1) is 5.82 Å². The third-order valence-electron chi connectivity index (χ3n) is 6.74. The molecule has 0 saturated heterocycles. The van der Waals surface area contributed by atoms with Gasteiger partial charge in [0.05, 0.1) is 10.6 Å². The normalized spacial score (nSPS) is 12.3. The highest BCUT2D eigenvalue weighted by molar-refractivity contribution is 7.92. The van der Waals surface area contributed by atoms with Gasteiger partial charge in [-0.05, 0) is 68.3 Å². The number of hydrogen-bond acceptors (Lipinski definition) is 4. The van der Waals surface area contributed by atoms with Crippen LogP contribution in [0.4, 0.5) is 10.1 Å². The van der Waals surface area contributed by atoms with E-state index in [1.807, 2.05) is 51.1 Å². The second-order valence-corrected chi connectivity index (χ2v) is 13.7. The molecule has 10 heteroatoms. The van der Waals surface area contributed by atoms with Gasteiger partial charge in [0, 0.05) is 23.5 Å². The van der Waals surface area contributed by atoms with Crippen LogP contribution < -0.4 is 9.62 Å². The highest BCUT2D eigenvalue weighted by Gasteiger charge is 2.36. The Hall–Kier alpha value is -4.21. The summed E-state index contributed by atoms with van der Waals surface area (Å²) in [4.78, 5) is 29.5. The summed E-state index contributed by atoms with van der Waals surface area (Å²) >= 11 is 6.26. The standard InChI is InChI=1S/C34H35ClFN3O4S/c1-34(2,3)37-33(41)31(22-25-13-6-4-7-14-25)38(23-26-15-12-16-27(35)21-26)32(40)24-39(30-20-11-10-19-29(30)36)44(42,43)28-17-8-5-9-18-28/h4-21,31H,22-24H2,1-3H3,(H,37,41)/t31-/m0/s1. The van der Waals surface area contributed by atoms with Crippen molar-refractivity contribution < 1.29 is 22.4 Å². The first-order chi connectivity index (χ1) is 20.8. The Balaban J connectivity index is 1.82. The van der Waals surface area contributed by atoms with Crippen LogP contribution in [0.2, 0.25) is 5.02 Å². The highest BCUT2D eigenvalue weighted by Crippen LogP contribution is 2.27. The van der Waals surface area contributed by atoms with Crippen molar-refractivity contribution in [3.05, 3.63) is 131 Å². The molecule has 1 N–H and O–H groups in total. The zero-order valence-electron chi connectivity index (χ0n) is 24.8. The topological polar surface area (TPSA) is 86.8 Å². The minimum absolute atomic E-state index is 0.0506. The molecule has 0 aliphatic carbocycles. The van der Waals surface area contributed by atoms with Gasteiger partial charge >= 0.3 is 0 Å². The van der Waals surface area contributed by atoms with Gasteiger partial charge in [-0.1, -0.05) is 84.4 Å². The molecule has 4 aromatic carbocycles. The van der Waals surface area contributed by atoms with E-state index in [1.54, 1.807) is 42.5 Å². The number of carbonyl (C=O) groups is 2. The quantitative estimate of drug-likeness (QED) is 0.212. The number of benzene rings is 4. The molecule has 0 fully saturated rings. The van der Waals surface area contributed by atoms with Crippen LogP contribution >= 0.6 is 11.6 Å². The van der Waals surface area contributed by atoms with Crippen LogP contribution in [0.15, 0.2) is 114 Å². The van der Waals surface area contributed by atoms with Crippen molar-refractivity contribution in [2.75, 3.05) is 10.8 Å². The number of rotatable bonds is 11. The average molecular weight is 636 g/mol. The first-order valence-electron chi connectivity index (χ1n) is 14.1. The SMILES string of the molecule is CC(C)(C)NC(=O)[C@H](Cc1ccccc1)N(Cc1cccc(Cl)c1)C(=O)CN(c1ccccc1F)S(=O)(=O)c1ccccc1. The molecular formula is C34H35ClFN3O4S. The number of amides is 2. The van der Waals surface area contributed by atoms with E-state index in [0.29, 0.717) is 10.6 Å². The van der Waals surface area contributed by atoms with Crippen molar-refractivity contribution in [1.82, 2.24) is 10.2 Å². The first kappa shape index (κ1) is 32.7. The lowest BCUT2D eigenvalue weighted by atomic mass is 10.0. The van der Waals surface area contributed by atoms with Crippen molar-refractivity contribution in [2.24, 2.45) is 0 Å². The summed E-state index contributed by atoms with van der Waals surface area (Å²) in [5, 5.41) is 3.41. The number of nitrogens with one attached hydrogen (secondary N) is 1. The van der Waals surface area contributed by atoms with Gasteiger partial charge in [0.25, 0.3) is 10.0 Å². The summed E-state index contributed by atoms with van der Waals surface area (Å²) in [6, 6.07) is 27.9. The molecule has 0 unspecified atom stereocenters. The zero-order valence-corrected chi connectivity index (χ0v) is 26.4. The van der Waals surface area contributed by atoms with Crippen molar-refractivity contribution >= 4 is 39.1 Å². The minimum Gasteiger partial charge on any atom is -0.350 e. The molecule has 0 saturated carbocycles. The summed E-state index contributed by atoms with van der Waals surface area (Å²) in [5.74, 6) is -1.93. The molecule has 0 radical (unpaired) electrons. The third kappa shape index (κ3) is 8.45. The second-order valence-electron chi connectivity index (χ2n) is 11.4. The van der Waals surface area contributed by atoms with Crippen LogP contribution in [0.5, 0.6) is 0 Å². The second kappa shape index (κ2) is 14.1. The average Bonchev–Trinajstić information content (AvgIpc) is 2.98. The maximum Gasteiger partial charge on any atom is 0.264 e. The number of nitrogens with zero attached hydrogens (tertiary/aromatic N) is 2. The molecule has 4 aromatic rings. The van der Waals surface area contributed by atoms with E-state index < -0.39 is 45.8 Å². The molecule has 0 heterocycles. The number of halogens is 2. The minimum atomic E-state index is -4.39. The van der Waals surface area contributed by atoms with Gasteiger partial charge in [-0.3, -0.25) is 13.9 Å². The summed E-state index contributed by atoms with van der Waals surface area (Å²) in [6.07, 6.45) is 0.153. The molecule has 0 aliphatic heterocycles. The van der Waals surface area contributed by atoms with Gasteiger partial charge in [-0.25, -0.2) is 12.8 Å². The molecule has 1 atom stereocenters. The summed E-state index contributed by atoms with van der Waals surface area (Å²) in [7, 11) is -4.39. The summed E-state index contributed by atoms with van der Waals surface area (Å²) in [5.41, 5.74) is 0.530. The molecule has 44 heavy (non-hydrogen) atoms. The van der Waals surface area contributed by atoms with Crippen molar-refractivity contribution in [2.45, 2.75) is 50.2 Å². The van der Waals surface area contributed by atoms with E-state index >= 15 is 4.39 Å². The van der Waals surface area contributed by atoms with Crippen LogP contribution in [0.25, 0.3) is 0 Å². The maximum atomic E-state index is 15.2. The Morgan fingerprint density at radius 1 is 0.841 bits per heavy atom. The maximum absolute atomic E-state index is 15.2. The molecule has 0 aromatic heterocycles. The smallest absolute Gasteiger partial charge is 0.264 e. The molecule has 0 spiro atoms. The molecule has 2 amide bonds. The van der Waals surface area contributed by atoms with Crippen LogP contribution in [-0.4, -0.2) is 43.3 Å². The summed E-state index contributed by atoms with van der Waals surface area (Å²) < 4.78 is 43.8. The largest absolute Gasteiger partial charge is 0.350 e. The lowest BCUT2D eigenvalue weighted by molar-refractivity contribution is -0.140. The van der Waals surface area contributed by atoms with E-state index in [1.165, 1.54) is 35.2 Å². The molecular weight excluding hydrogens is 601 g/mol. The molecule has 4 rings (SSSR count). The van der Waals surface area contributed by atoms with Crippen LogP contribution in [-0.2, 0) is 32.6 Å². The summed E-state index contributed by atoms with van der Waals surface area (Å²) in [6.45, 7) is 4.69. The molecule has 0 bridgehead atoms. The Labute approximate surface area is 263 Å². The van der Waals surface area contributed by atoms with Crippen molar-refractivity contribution in [1.29, 1.82) is 0 Å². The number of para-hydroxylation sites is 1. The predicted molar refractivity (Wildman–Crippen MR) is 171 cm³/mol. The molecule has 7 nitrogen and oxygen atoms in total. The number of carbonyl (C=O) groups excluding carboxylic acids is 2. The number of anilines is 1. The van der Waals surface area contributed by atoms with E-state index in [9.17, 15) is 18.0 Å². The fourth-order valence-electron chi connectivity index (χ4n) is 4.73. The van der Waals surface area contributed by atoms with E-state index in [4.69, 9.17) is 11.6 Å². The van der Waals surface area contributed by atoms with E-state index in [2.05, 4.69) is 5.32 Å². The third-order valence-corrected chi connectivity index (χ3v) is 8.75. The van der Waals surface area contributed by atoms with E-state index in [0.717, 1.165) is 15.9 Å². The van der Waals surface area contributed by atoms with Crippen LogP contribution in [0.1, 0.15) is 31.9 Å². The van der Waals surface area contributed by atoms with Crippen molar-refractivity contribution in [3.63, 3.8) is 0 Å². The predicted octanol–water partition coefficient (Wildman–Crippen LogP) is 6.23. The Bertz CT molecular complexity index is 1700. The molecule has 230 valence electrons. The van der Waals surface area contributed by atoms with E-state index in [-0.39, 0.29) is 23.5 Å². The number of sulfonamides is 1. The molecule has 0 aliphatic rings. The lowest BCUT2D eigenvalue weighted by Crippen LogP contribution is -2.56. The first-order valence-corrected chi connectivity index (χ1v) is 15.9. The van der Waals surface area contributed by atoms with Gasteiger partial charge in [-0.2, -0.15) is 0 Å². The van der Waals surface area contributed by atoms with Gasteiger partial charge in [0.1, 0.15) is 18.4 Å². The van der Waals surface area contributed by atoms with Gasteiger partial charge in [-0.15, -0.1) is 0 Å². The van der Waals surface area contributed by atoms with Gasteiger partial charge in [0.15, 0.2) is 0 Å². The van der Waals surface area contributed by atoms with Gasteiger partial charge < -0.3 is 10.2 Å². The Morgan fingerprint density at radius 3 is 2.05 bits per heavy atom. The lowest BCUT2D eigenvalue weighted by Gasteiger charge is -2.35. The van der Waals surface area contributed by atoms with Crippen LogP contribution in [0.3, 0.4) is 0 Å². The van der Waals surface area contributed by atoms with Gasteiger partial charge in [0.2, 0.25) is 11.8 Å². The number of hydrogen-bond donors (Lipinski definition) is 1. The zero-order chi connectivity index (χ0) is 31.9. The Kier molecular flexibility index (Phi) is 10.4.